The fraction of sp³-hybridized carbons (Fsp3) is 0.500. The molecule has 2 heterocycles. The van der Waals surface area contributed by atoms with E-state index in [1.54, 1.807) is 11.3 Å². The number of thiazole rings is 1. The number of carbonyl (C=O) groups excluding carboxylic acids is 1. The van der Waals surface area contributed by atoms with Crippen LogP contribution in [0.2, 0.25) is 0 Å². The number of rotatable bonds is 6. The third-order valence-corrected chi connectivity index (χ3v) is 6.01. The van der Waals surface area contributed by atoms with E-state index in [9.17, 15) is 9.90 Å². The molecule has 0 aliphatic carbocycles. The van der Waals surface area contributed by atoms with Crippen LogP contribution in [0.15, 0.2) is 35.7 Å². The van der Waals surface area contributed by atoms with Gasteiger partial charge in [0.2, 0.25) is 0 Å². The van der Waals surface area contributed by atoms with E-state index in [0.29, 0.717) is 31.5 Å². The van der Waals surface area contributed by atoms with Gasteiger partial charge in [-0.15, -0.1) is 11.3 Å². The molecule has 0 spiro atoms. The van der Waals surface area contributed by atoms with Gasteiger partial charge in [0.1, 0.15) is 10.6 Å². The molecule has 0 radical (unpaired) electrons. The Bertz CT molecular complexity index is 720. The zero-order chi connectivity index (χ0) is 18.6. The first-order valence-electron chi connectivity index (χ1n) is 9.29. The maximum absolute atomic E-state index is 12.6. The van der Waals surface area contributed by atoms with Crippen molar-refractivity contribution in [2.24, 2.45) is 0 Å². The quantitative estimate of drug-likeness (QED) is 0.845. The predicted molar refractivity (Wildman–Crippen MR) is 104 cm³/mol. The lowest BCUT2D eigenvalue weighted by Crippen LogP contribution is -2.45. The third-order valence-electron chi connectivity index (χ3n) is 5.18. The Labute approximate surface area is 159 Å². The zero-order valence-corrected chi connectivity index (χ0v) is 16.3. The number of aliphatic hydroxyl groups is 1. The van der Waals surface area contributed by atoms with Gasteiger partial charge in [-0.05, 0) is 38.1 Å². The summed E-state index contributed by atoms with van der Waals surface area (Å²) in [4.78, 5) is 21.4. The highest BCUT2D eigenvalue weighted by Gasteiger charge is 2.37. The highest BCUT2D eigenvalue weighted by atomic mass is 32.1. The van der Waals surface area contributed by atoms with E-state index in [4.69, 9.17) is 4.98 Å². The van der Waals surface area contributed by atoms with Gasteiger partial charge in [0.05, 0.1) is 12.2 Å². The van der Waals surface area contributed by atoms with E-state index >= 15 is 0 Å². The maximum atomic E-state index is 12.6. The molecule has 1 fully saturated rings. The number of piperidine rings is 1. The Morgan fingerprint density at radius 2 is 1.88 bits per heavy atom. The van der Waals surface area contributed by atoms with Crippen LogP contribution >= 0.6 is 11.3 Å². The fourth-order valence-corrected chi connectivity index (χ4v) is 4.26. The first-order valence-corrected chi connectivity index (χ1v) is 10.2. The summed E-state index contributed by atoms with van der Waals surface area (Å²) in [6.07, 6.45) is 1.06. The molecule has 0 atom stereocenters. The second-order valence-electron chi connectivity index (χ2n) is 6.78. The summed E-state index contributed by atoms with van der Waals surface area (Å²) in [5.41, 5.74) is 0.537. The maximum Gasteiger partial charge on any atom is 0.253 e. The molecule has 1 aromatic carbocycles. The van der Waals surface area contributed by atoms with E-state index in [1.165, 1.54) is 0 Å². The van der Waals surface area contributed by atoms with Gasteiger partial charge < -0.3 is 10.0 Å². The molecule has 1 aromatic heterocycles. The molecule has 2 aromatic rings. The average molecular weight is 374 g/mol. The molecular formula is C20H27N3O2S. The predicted octanol–water partition coefficient (Wildman–Crippen LogP) is 3.11. The minimum atomic E-state index is -0.925. The van der Waals surface area contributed by atoms with Crippen LogP contribution in [0.5, 0.6) is 0 Å². The number of benzene rings is 1. The number of likely N-dealkylation sites (tertiary alicyclic amines) is 1. The second-order valence-corrected chi connectivity index (χ2v) is 7.72. The van der Waals surface area contributed by atoms with Crippen molar-refractivity contribution in [2.45, 2.75) is 38.8 Å². The molecule has 5 nitrogen and oxygen atoms in total. The van der Waals surface area contributed by atoms with Crippen LogP contribution in [0.1, 0.15) is 47.7 Å². The molecule has 1 N–H and O–H groups in total. The van der Waals surface area contributed by atoms with Gasteiger partial charge in [0.25, 0.3) is 5.91 Å². The third kappa shape index (κ3) is 4.14. The topological polar surface area (TPSA) is 56.7 Å². The average Bonchev–Trinajstić information content (AvgIpc) is 3.16. The van der Waals surface area contributed by atoms with Crippen molar-refractivity contribution < 1.29 is 9.90 Å². The first-order chi connectivity index (χ1) is 12.6. The van der Waals surface area contributed by atoms with E-state index in [0.717, 1.165) is 30.3 Å². The summed E-state index contributed by atoms with van der Waals surface area (Å²) in [6, 6.07) is 9.33. The van der Waals surface area contributed by atoms with Crippen molar-refractivity contribution in [2.75, 3.05) is 26.2 Å². The molecule has 26 heavy (non-hydrogen) atoms. The summed E-state index contributed by atoms with van der Waals surface area (Å²) in [7, 11) is 0. The summed E-state index contributed by atoms with van der Waals surface area (Å²) >= 11 is 1.61. The SMILES string of the molecule is CCN(CC)Cc1nc(C2(O)CCN(C(=O)c3ccccc3)CC2)cs1. The molecule has 1 amide bonds. The van der Waals surface area contributed by atoms with E-state index in [1.807, 2.05) is 40.6 Å². The van der Waals surface area contributed by atoms with Gasteiger partial charge in [-0.25, -0.2) is 4.98 Å². The lowest BCUT2D eigenvalue weighted by molar-refractivity contribution is -0.0241. The van der Waals surface area contributed by atoms with Crippen LogP contribution in [0.25, 0.3) is 0 Å². The van der Waals surface area contributed by atoms with E-state index in [2.05, 4.69) is 18.7 Å². The molecule has 140 valence electrons. The minimum absolute atomic E-state index is 0.0353. The molecular weight excluding hydrogens is 346 g/mol. The van der Waals surface area contributed by atoms with Crippen molar-refractivity contribution in [3.8, 4) is 0 Å². The Morgan fingerprint density at radius 1 is 1.23 bits per heavy atom. The molecule has 0 saturated carbocycles. The van der Waals surface area contributed by atoms with Crippen molar-refractivity contribution in [1.82, 2.24) is 14.8 Å². The van der Waals surface area contributed by atoms with Crippen LogP contribution < -0.4 is 0 Å². The van der Waals surface area contributed by atoms with Gasteiger partial charge in [-0.2, -0.15) is 0 Å². The fourth-order valence-electron chi connectivity index (χ4n) is 3.33. The van der Waals surface area contributed by atoms with Gasteiger partial charge in [-0.1, -0.05) is 32.0 Å². The molecule has 6 heteroatoms. The summed E-state index contributed by atoms with van der Waals surface area (Å²) in [5.74, 6) is 0.0353. The van der Waals surface area contributed by atoms with Gasteiger partial charge in [0, 0.05) is 24.0 Å². The summed E-state index contributed by atoms with van der Waals surface area (Å²) in [5, 5.41) is 14.1. The molecule has 1 aliphatic heterocycles. The van der Waals surface area contributed by atoms with Crippen molar-refractivity contribution in [1.29, 1.82) is 0 Å². The number of aromatic nitrogens is 1. The highest BCUT2D eigenvalue weighted by Crippen LogP contribution is 2.34. The standard InChI is InChI=1S/C20H27N3O2S/c1-3-22(4-2)14-18-21-17(15-26-18)20(25)10-12-23(13-11-20)19(24)16-8-6-5-7-9-16/h5-9,15,25H,3-4,10-14H2,1-2H3. The van der Waals surface area contributed by atoms with Gasteiger partial charge in [0.15, 0.2) is 0 Å². The van der Waals surface area contributed by atoms with Crippen LogP contribution in [0.4, 0.5) is 0 Å². The molecule has 0 bridgehead atoms. The van der Waals surface area contributed by atoms with Crippen molar-refractivity contribution in [3.05, 3.63) is 52.0 Å². The van der Waals surface area contributed by atoms with E-state index < -0.39 is 5.60 Å². The van der Waals surface area contributed by atoms with Crippen molar-refractivity contribution >= 4 is 17.2 Å². The molecule has 1 saturated heterocycles. The Balaban J connectivity index is 1.63. The number of amides is 1. The zero-order valence-electron chi connectivity index (χ0n) is 15.5. The van der Waals surface area contributed by atoms with Gasteiger partial charge >= 0.3 is 0 Å². The van der Waals surface area contributed by atoms with Crippen LogP contribution in [0, 0.1) is 0 Å². The Morgan fingerprint density at radius 3 is 2.50 bits per heavy atom. The van der Waals surface area contributed by atoms with Crippen LogP contribution in [-0.2, 0) is 12.1 Å². The smallest absolute Gasteiger partial charge is 0.253 e. The van der Waals surface area contributed by atoms with Crippen molar-refractivity contribution in [3.63, 3.8) is 0 Å². The molecule has 0 unspecified atom stereocenters. The normalized spacial score (nSPS) is 16.8. The van der Waals surface area contributed by atoms with Crippen LogP contribution in [-0.4, -0.2) is 52.0 Å². The molecule has 1 aliphatic rings. The number of hydrogen-bond donors (Lipinski definition) is 1. The second kappa shape index (κ2) is 8.29. The number of carbonyl (C=O) groups is 1. The number of hydrogen-bond acceptors (Lipinski definition) is 5. The summed E-state index contributed by atoms with van der Waals surface area (Å²) in [6.45, 7) is 8.20. The first kappa shape index (κ1) is 19.0. The summed E-state index contributed by atoms with van der Waals surface area (Å²) < 4.78 is 0. The van der Waals surface area contributed by atoms with Gasteiger partial charge in [-0.3, -0.25) is 9.69 Å². The molecule has 3 rings (SSSR count). The highest BCUT2D eigenvalue weighted by molar-refractivity contribution is 7.09. The largest absolute Gasteiger partial charge is 0.383 e. The lowest BCUT2D eigenvalue weighted by Gasteiger charge is -2.37. The minimum Gasteiger partial charge on any atom is -0.383 e. The Hall–Kier alpha value is -1.76. The number of nitrogens with zero attached hydrogens (tertiary/aromatic N) is 3. The van der Waals surface area contributed by atoms with E-state index in [-0.39, 0.29) is 5.91 Å². The lowest BCUT2D eigenvalue weighted by atomic mass is 9.88. The monoisotopic (exact) mass is 373 g/mol. The van der Waals surface area contributed by atoms with Crippen LogP contribution in [0.3, 0.4) is 0 Å². The Kier molecular flexibility index (Phi) is 6.06.